The third-order valence-corrected chi connectivity index (χ3v) is 4.77. The third kappa shape index (κ3) is 3.06. The van der Waals surface area contributed by atoms with Gasteiger partial charge in [0.25, 0.3) is 0 Å². The largest absolute Gasteiger partial charge is 0.396 e. The lowest BCUT2D eigenvalue weighted by molar-refractivity contribution is 0.262. The summed E-state index contributed by atoms with van der Waals surface area (Å²) in [4.78, 5) is 7.12. The van der Waals surface area contributed by atoms with Crippen molar-refractivity contribution >= 4 is 32.5 Å². The fourth-order valence-electron chi connectivity index (χ4n) is 3.31. The van der Waals surface area contributed by atoms with E-state index in [1.54, 1.807) is 0 Å². The summed E-state index contributed by atoms with van der Waals surface area (Å²) in [5.41, 5.74) is 3.35. The van der Waals surface area contributed by atoms with Gasteiger partial charge in [-0.2, -0.15) is 0 Å². The lowest BCUT2D eigenvalue weighted by Gasteiger charge is -2.38. The Kier molecular flexibility index (Phi) is 4.45. The molecule has 21 heavy (non-hydrogen) atoms. The van der Waals surface area contributed by atoms with Crippen LogP contribution in [0.2, 0.25) is 0 Å². The SMILES string of the molecule is Cc1cc(N2CCCCC2CCO)c2cc(Br)ccc2n1. The molecule has 1 atom stereocenters. The average molecular weight is 349 g/mol. The van der Waals surface area contributed by atoms with Gasteiger partial charge < -0.3 is 10.0 Å². The van der Waals surface area contributed by atoms with E-state index in [1.807, 2.05) is 6.07 Å². The standard InChI is InChI=1S/C17H21BrN2O/c1-12-10-17(15-11-13(18)5-6-16(15)19-12)20-8-3-2-4-14(20)7-9-21/h5-6,10-11,14,21H,2-4,7-9H2,1H3. The number of aryl methyl sites for hydroxylation is 1. The predicted octanol–water partition coefficient (Wildman–Crippen LogP) is 4.05. The Morgan fingerprint density at radius 1 is 1.33 bits per heavy atom. The molecule has 0 aliphatic carbocycles. The number of nitrogens with zero attached hydrogens (tertiary/aromatic N) is 2. The van der Waals surface area contributed by atoms with Crippen LogP contribution in [0, 0.1) is 6.92 Å². The van der Waals surface area contributed by atoms with Crippen LogP contribution < -0.4 is 4.90 Å². The molecule has 0 amide bonds. The van der Waals surface area contributed by atoms with E-state index < -0.39 is 0 Å². The molecule has 1 saturated heterocycles. The van der Waals surface area contributed by atoms with Gasteiger partial charge in [-0.3, -0.25) is 4.98 Å². The summed E-state index contributed by atoms with van der Waals surface area (Å²) in [6.07, 6.45) is 4.49. The van der Waals surface area contributed by atoms with E-state index in [2.05, 4.69) is 50.9 Å². The number of fused-ring (bicyclic) bond motifs is 1. The molecular weight excluding hydrogens is 328 g/mol. The van der Waals surface area contributed by atoms with Crippen molar-refractivity contribution in [2.24, 2.45) is 0 Å². The van der Waals surface area contributed by atoms with Gasteiger partial charge in [-0.15, -0.1) is 0 Å². The van der Waals surface area contributed by atoms with E-state index >= 15 is 0 Å². The zero-order valence-electron chi connectivity index (χ0n) is 12.3. The maximum Gasteiger partial charge on any atom is 0.0726 e. The first-order chi connectivity index (χ1) is 10.2. The van der Waals surface area contributed by atoms with Gasteiger partial charge in [-0.1, -0.05) is 15.9 Å². The van der Waals surface area contributed by atoms with Crippen molar-refractivity contribution in [2.75, 3.05) is 18.1 Å². The molecule has 1 aromatic carbocycles. The Morgan fingerprint density at radius 2 is 2.19 bits per heavy atom. The van der Waals surface area contributed by atoms with Crippen molar-refractivity contribution in [3.8, 4) is 0 Å². The molecule has 1 fully saturated rings. The average Bonchev–Trinajstić information content (AvgIpc) is 2.48. The van der Waals surface area contributed by atoms with Gasteiger partial charge in [0.1, 0.15) is 0 Å². The first-order valence-electron chi connectivity index (χ1n) is 7.63. The van der Waals surface area contributed by atoms with Crippen molar-refractivity contribution in [3.05, 3.63) is 34.4 Å². The summed E-state index contributed by atoms with van der Waals surface area (Å²) in [6, 6.07) is 8.89. The molecule has 1 N–H and O–H groups in total. The summed E-state index contributed by atoms with van der Waals surface area (Å²) in [5.74, 6) is 0. The molecule has 0 saturated carbocycles. The normalized spacial score (nSPS) is 19.2. The van der Waals surface area contributed by atoms with Crippen molar-refractivity contribution in [3.63, 3.8) is 0 Å². The number of aliphatic hydroxyl groups is 1. The highest BCUT2D eigenvalue weighted by molar-refractivity contribution is 9.10. The predicted molar refractivity (Wildman–Crippen MR) is 90.9 cm³/mol. The van der Waals surface area contributed by atoms with E-state index in [1.165, 1.54) is 23.9 Å². The molecule has 1 unspecified atom stereocenters. The number of aromatic nitrogens is 1. The Labute approximate surface area is 134 Å². The van der Waals surface area contributed by atoms with Gasteiger partial charge in [0.05, 0.1) is 5.52 Å². The minimum absolute atomic E-state index is 0.257. The molecule has 2 aromatic rings. The molecule has 1 aliphatic heterocycles. The lowest BCUT2D eigenvalue weighted by Crippen LogP contribution is -2.40. The van der Waals surface area contributed by atoms with Crippen LogP contribution in [0.5, 0.6) is 0 Å². The number of hydrogen-bond acceptors (Lipinski definition) is 3. The van der Waals surface area contributed by atoms with E-state index in [0.717, 1.165) is 35.1 Å². The maximum atomic E-state index is 9.35. The molecule has 0 radical (unpaired) electrons. The van der Waals surface area contributed by atoms with Gasteiger partial charge >= 0.3 is 0 Å². The minimum atomic E-state index is 0.257. The summed E-state index contributed by atoms with van der Waals surface area (Å²) < 4.78 is 1.08. The summed E-state index contributed by atoms with van der Waals surface area (Å²) in [6.45, 7) is 3.37. The second-order valence-electron chi connectivity index (χ2n) is 5.80. The molecule has 0 bridgehead atoms. The highest BCUT2D eigenvalue weighted by Crippen LogP contribution is 2.34. The minimum Gasteiger partial charge on any atom is -0.396 e. The third-order valence-electron chi connectivity index (χ3n) is 4.28. The number of anilines is 1. The molecule has 0 spiro atoms. The van der Waals surface area contributed by atoms with Crippen LogP contribution in [0.1, 0.15) is 31.4 Å². The van der Waals surface area contributed by atoms with Crippen molar-refractivity contribution < 1.29 is 5.11 Å². The smallest absolute Gasteiger partial charge is 0.0726 e. The van der Waals surface area contributed by atoms with Crippen LogP contribution in [0.15, 0.2) is 28.7 Å². The zero-order chi connectivity index (χ0) is 14.8. The first kappa shape index (κ1) is 14.8. The molecule has 2 heterocycles. The molecule has 112 valence electrons. The number of aliphatic hydroxyl groups excluding tert-OH is 1. The Balaban J connectivity index is 2.10. The number of piperidine rings is 1. The number of benzene rings is 1. The van der Waals surface area contributed by atoms with Crippen LogP contribution in [-0.2, 0) is 0 Å². The fourth-order valence-corrected chi connectivity index (χ4v) is 3.67. The number of halogens is 1. The van der Waals surface area contributed by atoms with E-state index in [9.17, 15) is 5.11 Å². The summed E-state index contributed by atoms with van der Waals surface area (Å²) in [5, 5.41) is 10.5. The van der Waals surface area contributed by atoms with Gasteiger partial charge in [-0.25, -0.2) is 0 Å². The second-order valence-corrected chi connectivity index (χ2v) is 6.72. The van der Waals surface area contributed by atoms with Crippen molar-refractivity contribution in [1.82, 2.24) is 4.98 Å². The molecule has 1 aliphatic rings. The Morgan fingerprint density at radius 3 is 3.00 bits per heavy atom. The van der Waals surface area contributed by atoms with Crippen LogP contribution in [-0.4, -0.2) is 29.3 Å². The maximum absolute atomic E-state index is 9.35. The van der Waals surface area contributed by atoms with Crippen LogP contribution in [0.25, 0.3) is 10.9 Å². The van der Waals surface area contributed by atoms with E-state index in [-0.39, 0.29) is 6.61 Å². The van der Waals surface area contributed by atoms with Crippen LogP contribution in [0.4, 0.5) is 5.69 Å². The van der Waals surface area contributed by atoms with Crippen molar-refractivity contribution in [2.45, 2.75) is 38.6 Å². The van der Waals surface area contributed by atoms with Gasteiger partial charge in [0.15, 0.2) is 0 Å². The van der Waals surface area contributed by atoms with Gasteiger partial charge in [0.2, 0.25) is 0 Å². The highest BCUT2D eigenvalue weighted by atomic mass is 79.9. The monoisotopic (exact) mass is 348 g/mol. The van der Waals surface area contributed by atoms with Gasteiger partial charge in [0, 0.05) is 40.4 Å². The molecule has 4 heteroatoms. The van der Waals surface area contributed by atoms with Gasteiger partial charge in [-0.05, 0) is 56.9 Å². The summed E-state index contributed by atoms with van der Waals surface area (Å²) >= 11 is 3.57. The van der Waals surface area contributed by atoms with E-state index in [0.29, 0.717) is 6.04 Å². The van der Waals surface area contributed by atoms with Crippen LogP contribution >= 0.6 is 15.9 Å². The quantitative estimate of drug-likeness (QED) is 0.908. The second kappa shape index (κ2) is 6.32. The summed E-state index contributed by atoms with van der Waals surface area (Å²) in [7, 11) is 0. The number of hydrogen-bond donors (Lipinski definition) is 1. The molecule has 3 nitrogen and oxygen atoms in total. The Bertz CT molecular complexity index is 642. The molecule has 1 aromatic heterocycles. The number of pyridine rings is 1. The molecule has 3 rings (SSSR count). The Hall–Kier alpha value is -1.13. The first-order valence-corrected chi connectivity index (χ1v) is 8.43. The van der Waals surface area contributed by atoms with E-state index in [4.69, 9.17) is 0 Å². The number of rotatable bonds is 3. The lowest BCUT2D eigenvalue weighted by atomic mass is 9.97. The fraction of sp³-hybridized carbons (Fsp3) is 0.471. The molecular formula is C17H21BrN2O. The highest BCUT2D eigenvalue weighted by Gasteiger charge is 2.24. The zero-order valence-corrected chi connectivity index (χ0v) is 13.9. The topological polar surface area (TPSA) is 36.4 Å². The van der Waals surface area contributed by atoms with Crippen molar-refractivity contribution in [1.29, 1.82) is 0 Å². The van der Waals surface area contributed by atoms with Crippen LogP contribution in [0.3, 0.4) is 0 Å².